The lowest BCUT2D eigenvalue weighted by Gasteiger charge is -2.30. The molecule has 9 nitrogen and oxygen atoms in total. The number of amides is 1. The summed E-state index contributed by atoms with van der Waals surface area (Å²) in [5, 5.41) is 22.0. The number of carbonyl (C=O) groups is 3. The highest BCUT2D eigenvalue weighted by Gasteiger charge is 2.50. The van der Waals surface area contributed by atoms with Crippen LogP contribution in [0.1, 0.15) is 37.6 Å². The molecule has 0 aliphatic heterocycles. The molecule has 0 aromatic carbocycles. The third-order valence-electron chi connectivity index (χ3n) is 3.68. The second-order valence-corrected chi connectivity index (χ2v) is 5.56. The van der Waals surface area contributed by atoms with Crippen molar-refractivity contribution in [2.24, 2.45) is 0 Å². The van der Waals surface area contributed by atoms with Gasteiger partial charge >= 0.3 is 11.9 Å². The largest absolute Gasteiger partial charge is 0.506 e. The quantitative estimate of drug-likeness (QED) is 0.435. The standard InChI is InChI=1S/C17H24N2O7/c1-5-25-15(23)17(19-11(4)21,16(24)26-6-2)7-12-8-18-10(3)14(22)13(12)9-20/h8,20,22H,5-7,9H2,1-4H3,(H,19,21). The first-order valence-corrected chi connectivity index (χ1v) is 8.13. The van der Waals surface area contributed by atoms with E-state index >= 15 is 0 Å². The summed E-state index contributed by atoms with van der Waals surface area (Å²) in [6.07, 6.45) is 0.913. The van der Waals surface area contributed by atoms with Gasteiger partial charge in [0.2, 0.25) is 11.4 Å². The van der Waals surface area contributed by atoms with Gasteiger partial charge in [0.05, 0.1) is 25.5 Å². The Morgan fingerprint density at radius 2 is 1.73 bits per heavy atom. The van der Waals surface area contributed by atoms with Crippen molar-refractivity contribution in [3.8, 4) is 5.75 Å². The van der Waals surface area contributed by atoms with Gasteiger partial charge in [0.15, 0.2) is 0 Å². The Bertz CT molecular complexity index is 670. The van der Waals surface area contributed by atoms with Crippen LogP contribution in [0.15, 0.2) is 6.20 Å². The highest BCUT2D eigenvalue weighted by molar-refractivity contribution is 6.08. The van der Waals surface area contributed by atoms with Gasteiger partial charge in [0.25, 0.3) is 0 Å². The van der Waals surface area contributed by atoms with E-state index in [0.717, 1.165) is 6.92 Å². The molecule has 0 unspecified atom stereocenters. The second-order valence-electron chi connectivity index (χ2n) is 5.56. The monoisotopic (exact) mass is 368 g/mol. The summed E-state index contributed by atoms with van der Waals surface area (Å²) < 4.78 is 9.95. The smallest absolute Gasteiger partial charge is 0.344 e. The van der Waals surface area contributed by atoms with Crippen molar-refractivity contribution in [3.63, 3.8) is 0 Å². The first-order chi connectivity index (χ1) is 12.2. The van der Waals surface area contributed by atoms with E-state index in [0.29, 0.717) is 0 Å². The zero-order valence-corrected chi connectivity index (χ0v) is 15.3. The molecule has 1 amide bonds. The van der Waals surface area contributed by atoms with Gasteiger partial charge in [-0.3, -0.25) is 9.78 Å². The van der Waals surface area contributed by atoms with Gasteiger partial charge in [-0.2, -0.15) is 0 Å². The molecule has 1 aromatic heterocycles. The summed E-state index contributed by atoms with van der Waals surface area (Å²) >= 11 is 0. The molecule has 0 aliphatic carbocycles. The summed E-state index contributed by atoms with van der Waals surface area (Å²) in [4.78, 5) is 40.9. The molecule has 0 aliphatic rings. The predicted molar refractivity (Wildman–Crippen MR) is 90.1 cm³/mol. The maximum Gasteiger partial charge on any atom is 0.344 e. The minimum absolute atomic E-state index is 0.0240. The highest BCUT2D eigenvalue weighted by Crippen LogP contribution is 2.28. The Morgan fingerprint density at radius 1 is 1.19 bits per heavy atom. The van der Waals surface area contributed by atoms with Gasteiger partial charge in [-0.15, -0.1) is 0 Å². The number of aliphatic hydroxyl groups is 1. The van der Waals surface area contributed by atoms with Crippen molar-refractivity contribution in [2.45, 2.75) is 46.3 Å². The van der Waals surface area contributed by atoms with E-state index in [1.54, 1.807) is 13.8 Å². The number of aromatic hydroxyl groups is 1. The van der Waals surface area contributed by atoms with Gasteiger partial charge in [0, 0.05) is 25.1 Å². The predicted octanol–water partition coefficient (Wildman–Crippen LogP) is 0.132. The van der Waals surface area contributed by atoms with Crippen LogP contribution < -0.4 is 5.32 Å². The van der Waals surface area contributed by atoms with E-state index in [1.807, 2.05) is 0 Å². The molecule has 9 heteroatoms. The van der Waals surface area contributed by atoms with Crippen LogP contribution in [0.5, 0.6) is 5.75 Å². The maximum atomic E-state index is 12.6. The Hall–Kier alpha value is -2.68. The van der Waals surface area contributed by atoms with Crippen molar-refractivity contribution in [2.75, 3.05) is 13.2 Å². The zero-order chi connectivity index (χ0) is 19.9. The van der Waals surface area contributed by atoms with Crippen LogP contribution in [0, 0.1) is 6.92 Å². The van der Waals surface area contributed by atoms with Crippen LogP contribution in [0.25, 0.3) is 0 Å². The molecule has 0 radical (unpaired) electrons. The third-order valence-corrected chi connectivity index (χ3v) is 3.68. The number of pyridine rings is 1. The topological polar surface area (TPSA) is 135 Å². The van der Waals surface area contributed by atoms with Crippen molar-refractivity contribution >= 4 is 17.8 Å². The van der Waals surface area contributed by atoms with Crippen LogP contribution in [0.2, 0.25) is 0 Å². The lowest BCUT2D eigenvalue weighted by Crippen LogP contribution is -2.62. The SMILES string of the molecule is CCOC(=O)C(Cc1cnc(C)c(O)c1CO)(NC(C)=O)C(=O)OCC. The van der Waals surface area contributed by atoms with Gasteiger partial charge in [-0.1, -0.05) is 0 Å². The second kappa shape index (κ2) is 9.14. The number of aryl methyl sites for hydroxylation is 1. The fourth-order valence-corrected chi connectivity index (χ4v) is 2.48. The van der Waals surface area contributed by atoms with E-state index in [-0.39, 0.29) is 35.8 Å². The normalized spacial score (nSPS) is 11.0. The summed E-state index contributed by atoms with van der Waals surface area (Å²) in [5.41, 5.74) is -1.59. The molecule has 0 atom stereocenters. The van der Waals surface area contributed by atoms with E-state index in [4.69, 9.17) is 9.47 Å². The summed E-state index contributed by atoms with van der Waals surface area (Å²) in [7, 11) is 0. The van der Waals surface area contributed by atoms with Crippen molar-refractivity contribution in [1.29, 1.82) is 0 Å². The van der Waals surface area contributed by atoms with Crippen LogP contribution in [-0.4, -0.2) is 51.8 Å². The van der Waals surface area contributed by atoms with Gasteiger partial charge in [-0.25, -0.2) is 9.59 Å². The number of hydrogen-bond acceptors (Lipinski definition) is 8. The Labute approximate surface area is 151 Å². The van der Waals surface area contributed by atoms with Gasteiger partial charge < -0.3 is 25.0 Å². The Balaban J connectivity index is 3.53. The number of hydrogen-bond donors (Lipinski definition) is 3. The molecular formula is C17H24N2O7. The molecule has 3 N–H and O–H groups in total. The van der Waals surface area contributed by atoms with Crippen LogP contribution in [0.4, 0.5) is 0 Å². The molecule has 1 heterocycles. The average Bonchev–Trinajstić information content (AvgIpc) is 2.57. The summed E-state index contributed by atoms with van der Waals surface area (Å²) in [6, 6.07) is 0. The molecule has 0 bridgehead atoms. The van der Waals surface area contributed by atoms with E-state index < -0.39 is 36.4 Å². The lowest BCUT2D eigenvalue weighted by molar-refractivity contribution is -0.168. The molecule has 0 fully saturated rings. The molecule has 0 spiro atoms. The van der Waals surface area contributed by atoms with Crippen LogP contribution in [-0.2, 0) is 36.9 Å². The number of aromatic nitrogens is 1. The molecule has 26 heavy (non-hydrogen) atoms. The minimum Gasteiger partial charge on any atom is -0.506 e. The molecule has 144 valence electrons. The third kappa shape index (κ3) is 4.48. The lowest BCUT2D eigenvalue weighted by atomic mass is 9.88. The number of esters is 2. The molecule has 0 saturated carbocycles. The van der Waals surface area contributed by atoms with Crippen molar-refractivity contribution in [3.05, 3.63) is 23.0 Å². The molecular weight excluding hydrogens is 344 g/mol. The maximum absolute atomic E-state index is 12.6. The van der Waals surface area contributed by atoms with Gasteiger partial charge in [-0.05, 0) is 26.3 Å². The fourth-order valence-electron chi connectivity index (χ4n) is 2.48. The average molecular weight is 368 g/mol. The molecule has 1 aromatic rings. The van der Waals surface area contributed by atoms with E-state index in [9.17, 15) is 24.6 Å². The summed E-state index contributed by atoms with van der Waals surface area (Å²) in [5.74, 6) is -2.91. The number of nitrogens with one attached hydrogen (secondary N) is 1. The van der Waals surface area contributed by atoms with Crippen LogP contribution in [0.3, 0.4) is 0 Å². The Morgan fingerprint density at radius 3 is 2.15 bits per heavy atom. The van der Waals surface area contributed by atoms with Gasteiger partial charge in [0.1, 0.15) is 5.75 Å². The first kappa shape index (κ1) is 21.4. The Kier molecular flexibility index (Phi) is 7.51. The van der Waals surface area contributed by atoms with E-state index in [2.05, 4.69) is 10.3 Å². The number of carbonyl (C=O) groups excluding carboxylic acids is 3. The highest BCUT2D eigenvalue weighted by atomic mass is 16.6. The van der Waals surface area contributed by atoms with Crippen molar-refractivity contribution < 1.29 is 34.1 Å². The number of rotatable bonds is 8. The van der Waals surface area contributed by atoms with E-state index in [1.165, 1.54) is 13.1 Å². The molecule has 0 saturated heterocycles. The molecule has 1 rings (SSSR count). The first-order valence-electron chi connectivity index (χ1n) is 8.13. The minimum atomic E-state index is -2.16. The van der Waals surface area contributed by atoms with Crippen molar-refractivity contribution in [1.82, 2.24) is 10.3 Å². The number of ether oxygens (including phenoxy) is 2. The fraction of sp³-hybridized carbons (Fsp3) is 0.529. The summed E-state index contributed by atoms with van der Waals surface area (Å²) in [6.45, 7) is 5.20. The number of aliphatic hydroxyl groups excluding tert-OH is 1. The zero-order valence-electron chi connectivity index (χ0n) is 15.3. The number of nitrogens with zero attached hydrogens (tertiary/aromatic N) is 1. The van der Waals surface area contributed by atoms with Crippen LogP contribution >= 0.6 is 0 Å².